The summed E-state index contributed by atoms with van der Waals surface area (Å²) in [6.07, 6.45) is -0.918. The monoisotopic (exact) mass is 364 g/mol. The van der Waals surface area contributed by atoms with Crippen molar-refractivity contribution >= 4 is 12.0 Å². The number of methoxy groups -OCH3 is 1. The van der Waals surface area contributed by atoms with Crippen LogP contribution < -0.4 is 5.32 Å². The third-order valence-corrected chi connectivity index (χ3v) is 5.09. The van der Waals surface area contributed by atoms with Crippen LogP contribution in [0.5, 0.6) is 0 Å². The minimum atomic E-state index is -0.991. The van der Waals surface area contributed by atoms with Gasteiger partial charge in [-0.05, 0) is 25.3 Å². The predicted molar refractivity (Wildman–Crippen MR) is 96.7 cm³/mol. The second kappa shape index (κ2) is 9.00. The van der Waals surface area contributed by atoms with Crippen LogP contribution in [-0.4, -0.2) is 59.0 Å². The molecule has 0 radical (unpaired) electrons. The van der Waals surface area contributed by atoms with Crippen LogP contribution in [0.1, 0.15) is 38.4 Å². The van der Waals surface area contributed by atoms with Crippen LogP contribution in [-0.2, 0) is 9.53 Å². The zero-order valence-corrected chi connectivity index (χ0v) is 15.5. The van der Waals surface area contributed by atoms with Crippen molar-refractivity contribution in [3.05, 3.63) is 35.9 Å². The number of hydrogen-bond donors (Lipinski definition) is 3. The van der Waals surface area contributed by atoms with E-state index in [9.17, 15) is 19.8 Å². The highest BCUT2D eigenvalue weighted by Crippen LogP contribution is 2.26. The van der Waals surface area contributed by atoms with Gasteiger partial charge >= 0.3 is 6.09 Å². The zero-order valence-electron chi connectivity index (χ0n) is 15.5. The van der Waals surface area contributed by atoms with Gasteiger partial charge in [0.15, 0.2) is 0 Å². The number of aliphatic hydroxyl groups is 1. The zero-order chi connectivity index (χ0) is 19.3. The highest BCUT2D eigenvalue weighted by Gasteiger charge is 2.40. The van der Waals surface area contributed by atoms with Gasteiger partial charge < -0.3 is 25.2 Å². The molecule has 1 aliphatic heterocycles. The lowest BCUT2D eigenvalue weighted by molar-refractivity contribution is -0.132. The van der Waals surface area contributed by atoms with Gasteiger partial charge in [0.25, 0.3) is 0 Å². The van der Waals surface area contributed by atoms with Gasteiger partial charge in [-0.15, -0.1) is 0 Å². The molecule has 1 aromatic carbocycles. The lowest BCUT2D eigenvalue weighted by Gasteiger charge is -2.33. The van der Waals surface area contributed by atoms with Crippen molar-refractivity contribution in [3.63, 3.8) is 0 Å². The summed E-state index contributed by atoms with van der Waals surface area (Å²) in [5.74, 6) is -0.813. The summed E-state index contributed by atoms with van der Waals surface area (Å²) in [5, 5.41) is 22.6. The van der Waals surface area contributed by atoms with Gasteiger partial charge in [-0.2, -0.15) is 0 Å². The Morgan fingerprint density at radius 3 is 2.50 bits per heavy atom. The second-order valence-corrected chi connectivity index (χ2v) is 6.83. The minimum absolute atomic E-state index is 0.267. The van der Waals surface area contributed by atoms with Crippen LogP contribution in [0.3, 0.4) is 0 Å². The Balaban J connectivity index is 2.01. The van der Waals surface area contributed by atoms with Crippen molar-refractivity contribution in [1.29, 1.82) is 0 Å². The van der Waals surface area contributed by atoms with E-state index >= 15 is 0 Å². The molecule has 5 atom stereocenters. The van der Waals surface area contributed by atoms with E-state index in [4.69, 9.17) is 4.74 Å². The third-order valence-electron chi connectivity index (χ3n) is 5.09. The van der Waals surface area contributed by atoms with Crippen LogP contribution in [0.15, 0.2) is 30.3 Å². The molecule has 1 aromatic rings. The van der Waals surface area contributed by atoms with E-state index in [0.29, 0.717) is 13.0 Å². The van der Waals surface area contributed by atoms with Crippen molar-refractivity contribution in [2.24, 2.45) is 5.92 Å². The van der Waals surface area contributed by atoms with Gasteiger partial charge in [-0.25, -0.2) is 4.79 Å². The molecule has 0 aliphatic carbocycles. The minimum Gasteiger partial charge on any atom is -0.465 e. The van der Waals surface area contributed by atoms with Crippen LogP contribution in [0, 0.1) is 5.92 Å². The number of rotatable bonds is 7. The molecule has 0 spiro atoms. The third kappa shape index (κ3) is 4.53. The smallest absolute Gasteiger partial charge is 0.407 e. The standard InChI is InChI=1S/C19H28N2O5/c1-12(17(26-3)15-10-7-11-21(15)19(24)25)18(23)20-13(2)16(22)14-8-5-4-6-9-14/h4-6,8-9,12-13,15-17,22H,7,10-11H2,1-3H3,(H,20,23)(H,24,25)/t12-,13-,15+,16-,17-/m1/s1. The fraction of sp³-hybridized carbons (Fsp3) is 0.579. The van der Waals surface area contributed by atoms with Crippen molar-refractivity contribution in [1.82, 2.24) is 10.2 Å². The maximum absolute atomic E-state index is 12.7. The molecule has 1 aliphatic rings. The van der Waals surface area contributed by atoms with Gasteiger partial charge in [-0.1, -0.05) is 37.3 Å². The van der Waals surface area contributed by atoms with E-state index in [1.165, 1.54) is 12.0 Å². The number of nitrogens with one attached hydrogen (secondary N) is 1. The molecular formula is C19H28N2O5. The number of ether oxygens (including phenoxy) is 1. The van der Waals surface area contributed by atoms with Crippen LogP contribution in [0.4, 0.5) is 4.79 Å². The lowest BCUT2D eigenvalue weighted by Crippen LogP contribution is -2.51. The molecule has 3 N–H and O–H groups in total. The molecular weight excluding hydrogens is 336 g/mol. The summed E-state index contributed by atoms with van der Waals surface area (Å²) in [6, 6.07) is 8.31. The molecule has 0 aromatic heterocycles. The van der Waals surface area contributed by atoms with E-state index in [1.807, 2.05) is 18.2 Å². The first kappa shape index (κ1) is 20.2. The maximum atomic E-state index is 12.7. The van der Waals surface area contributed by atoms with Crippen molar-refractivity contribution in [2.45, 2.75) is 51.0 Å². The highest BCUT2D eigenvalue weighted by atomic mass is 16.5. The van der Waals surface area contributed by atoms with E-state index in [-0.39, 0.29) is 11.9 Å². The number of carboxylic acid groups (broad SMARTS) is 1. The Labute approximate surface area is 154 Å². The van der Waals surface area contributed by atoms with Gasteiger partial charge in [0.2, 0.25) is 5.91 Å². The first-order valence-electron chi connectivity index (χ1n) is 8.92. The fourth-order valence-electron chi connectivity index (χ4n) is 3.59. The summed E-state index contributed by atoms with van der Waals surface area (Å²) >= 11 is 0. The van der Waals surface area contributed by atoms with Crippen LogP contribution >= 0.6 is 0 Å². The van der Waals surface area contributed by atoms with E-state index in [1.54, 1.807) is 26.0 Å². The molecule has 1 fully saturated rings. The predicted octanol–water partition coefficient (Wildman–Crippen LogP) is 2.02. The summed E-state index contributed by atoms with van der Waals surface area (Å²) in [4.78, 5) is 25.4. The Morgan fingerprint density at radius 1 is 1.27 bits per heavy atom. The average Bonchev–Trinajstić information content (AvgIpc) is 3.12. The molecule has 2 amide bonds. The van der Waals surface area contributed by atoms with Crippen molar-refractivity contribution in [2.75, 3.05) is 13.7 Å². The van der Waals surface area contributed by atoms with Crippen molar-refractivity contribution in [3.8, 4) is 0 Å². The molecule has 7 heteroatoms. The van der Waals surface area contributed by atoms with Crippen LogP contribution in [0.2, 0.25) is 0 Å². The summed E-state index contributed by atoms with van der Waals surface area (Å²) < 4.78 is 5.50. The van der Waals surface area contributed by atoms with E-state index in [2.05, 4.69) is 5.32 Å². The number of nitrogens with zero attached hydrogens (tertiary/aromatic N) is 1. The van der Waals surface area contributed by atoms with E-state index in [0.717, 1.165) is 12.0 Å². The van der Waals surface area contributed by atoms with Gasteiger partial charge in [0.1, 0.15) is 0 Å². The molecule has 7 nitrogen and oxygen atoms in total. The number of benzene rings is 1. The Morgan fingerprint density at radius 2 is 1.92 bits per heavy atom. The number of amides is 2. The summed E-state index contributed by atoms with van der Waals surface area (Å²) in [7, 11) is 1.50. The largest absolute Gasteiger partial charge is 0.465 e. The quantitative estimate of drug-likeness (QED) is 0.687. The maximum Gasteiger partial charge on any atom is 0.407 e. The Bertz CT molecular complexity index is 609. The number of aliphatic hydroxyl groups excluding tert-OH is 1. The second-order valence-electron chi connectivity index (χ2n) is 6.83. The van der Waals surface area contributed by atoms with Gasteiger partial charge in [-0.3, -0.25) is 4.79 Å². The van der Waals surface area contributed by atoms with Crippen LogP contribution in [0.25, 0.3) is 0 Å². The molecule has 144 valence electrons. The molecule has 2 rings (SSSR count). The Hall–Kier alpha value is -2.12. The van der Waals surface area contributed by atoms with Gasteiger partial charge in [0, 0.05) is 13.7 Å². The molecule has 0 unspecified atom stereocenters. The molecule has 1 heterocycles. The highest BCUT2D eigenvalue weighted by molar-refractivity contribution is 5.79. The molecule has 26 heavy (non-hydrogen) atoms. The first-order valence-corrected chi connectivity index (χ1v) is 8.92. The SMILES string of the molecule is CO[C@H]([C@@H](C)C(=O)N[C@H](C)[C@@H](O)c1ccccc1)[C@@H]1CCCN1C(=O)O. The summed E-state index contributed by atoms with van der Waals surface area (Å²) in [6.45, 7) is 3.92. The lowest BCUT2D eigenvalue weighted by atomic mass is 9.94. The number of hydrogen-bond acceptors (Lipinski definition) is 4. The Kier molecular flexibility index (Phi) is 6.99. The summed E-state index contributed by atoms with van der Waals surface area (Å²) in [5.41, 5.74) is 0.726. The fourth-order valence-corrected chi connectivity index (χ4v) is 3.59. The van der Waals surface area contributed by atoms with Gasteiger partial charge in [0.05, 0.1) is 30.2 Å². The number of likely N-dealkylation sites (tertiary alicyclic amines) is 1. The topological polar surface area (TPSA) is 99.1 Å². The number of carbonyl (C=O) groups excluding carboxylic acids is 1. The average molecular weight is 364 g/mol. The molecule has 0 bridgehead atoms. The number of carbonyl (C=O) groups is 2. The first-order chi connectivity index (χ1) is 12.4. The van der Waals surface area contributed by atoms with E-state index < -0.39 is 30.3 Å². The normalized spacial score (nSPS) is 21.7. The van der Waals surface area contributed by atoms with Crippen molar-refractivity contribution < 1.29 is 24.5 Å². The molecule has 0 saturated carbocycles. The molecule has 1 saturated heterocycles.